The molecule has 0 aliphatic heterocycles. The van der Waals surface area contributed by atoms with Gasteiger partial charge in [0, 0.05) is 33.4 Å². The minimum absolute atomic E-state index is 1.09. The summed E-state index contributed by atoms with van der Waals surface area (Å²) < 4.78 is 2.47. The van der Waals surface area contributed by atoms with Gasteiger partial charge in [0.2, 0.25) is 0 Å². The van der Waals surface area contributed by atoms with Gasteiger partial charge in [-0.1, -0.05) is 224 Å². The average molecular weight is 867 g/mol. The maximum Gasteiger partial charge on any atom is 0.0547 e. The summed E-state index contributed by atoms with van der Waals surface area (Å²) in [6.07, 6.45) is 0. The molecule has 0 unspecified atom stereocenters. The Morgan fingerprint density at radius 3 is 1.18 bits per heavy atom. The fourth-order valence-electron chi connectivity index (χ4n) is 9.79. The van der Waals surface area contributed by atoms with Crippen molar-refractivity contribution in [3.05, 3.63) is 279 Å². The number of fused-ring (bicyclic) bond motifs is 3. The standard InChI is InChI=1S/C66H46N2/c1-5-16-47(17-6-1)50-32-38-58(39-33-50)67(59-40-34-51(35-41-59)48-18-7-2-8-19-48)60-25-15-24-55(44-60)52-28-30-53(31-29-52)57-37-43-63-62-26-13-14-27-64(62)68(66(63)46-57)65-45-56(49-20-9-3-10-21-49)36-42-61(65)54-22-11-4-12-23-54/h1-46H. The van der Waals surface area contributed by atoms with E-state index >= 15 is 0 Å². The SMILES string of the molecule is c1ccc(-c2ccc(N(c3ccc(-c4ccccc4)cc3)c3cccc(-c4ccc(-c5ccc6c7ccccc7n(-c7cc(-c8ccccc8)ccc7-c7ccccc7)c6c5)cc4)c3)cc2)cc1. The van der Waals surface area contributed by atoms with E-state index < -0.39 is 0 Å². The zero-order valence-electron chi connectivity index (χ0n) is 37.5. The topological polar surface area (TPSA) is 8.17 Å². The van der Waals surface area contributed by atoms with E-state index in [0.717, 1.165) is 33.9 Å². The highest BCUT2D eigenvalue weighted by atomic mass is 15.1. The van der Waals surface area contributed by atoms with Gasteiger partial charge in [0.15, 0.2) is 0 Å². The number of nitrogens with zero attached hydrogens (tertiary/aromatic N) is 2. The molecule has 2 heteroatoms. The fraction of sp³-hybridized carbons (Fsp3) is 0. The molecule has 12 aromatic rings. The number of hydrogen-bond donors (Lipinski definition) is 0. The third-order valence-corrected chi connectivity index (χ3v) is 13.2. The van der Waals surface area contributed by atoms with Crippen LogP contribution < -0.4 is 4.90 Å². The Labute approximate surface area is 397 Å². The molecule has 0 aliphatic rings. The van der Waals surface area contributed by atoms with Crippen molar-refractivity contribution in [1.29, 1.82) is 0 Å². The Bertz CT molecular complexity index is 3590. The zero-order valence-corrected chi connectivity index (χ0v) is 37.5. The number of hydrogen-bond acceptors (Lipinski definition) is 1. The van der Waals surface area contributed by atoms with Gasteiger partial charge >= 0.3 is 0 Å². The predicted octanol–water partition coefficient (Wildman–Crippen LogP) is 18.3. The molecule has 0 saturated heterocycles. The molecule has 12 rings (SSSR count). The van der Waals surface area contributed by atoms with E-state index in [-0.39, 0.29) is 0 Å². The lowest BCUT2D eigenvalue weighted by Crippen LogP contribution is -2.10. The van der Waals surface area contributed by atoms with Gasteiger partial charge in [-0.05, 0) is 116 Å². The number of anilines is 3. The summed E-state index contributed by atoms with van der Waals surface area (Å²) in [6.45, 7) is 0. The van der Waals surface area contributed by atoms with Crippen LogP contribution in [0.4, 0.5) is 17.1 Å². The van der Waals surface area contributed by atoms with Gasteiger partial charge in [0.05, 0.1) is 16.7 Å². The van der Waals surface area contributed by atoms with Crippen LogP contribution >= 0.6 is 0 Å². The smallest absolute Gasteiger partial charge is 0.0547 e. The molecule has 0 saturated carbocycles. The minimum atomic E-state index is 1.09. The first kappa shape index (κ1) is 40.5. The van der Waals surface area contributed by atoms with E-state index in [2.05, 4.69) is 289 Å². The van der Waals surface area contributed by atoms with E-state index in [9.17, 15) is 0 Å². The van der Waals surface area contributed by atoms with Gasteiger partial charge in [0.25, 0.3) is 0 Å². The molecule has 0 atom stereocenters. The second-order valence-electron chi connectivity index (χ2n) is 17.3. The third-order valence-electron chi connectivity index (χ3n) is 13.2. The molecule has 1 aromatic heterocycles. The van der Waals surface area contributed by atoms with Crippen molar-refractivity contribution in [2.24, 2.45) is 0 Å². The molecule has 0 fully saturated rings. The van der Waals surface area contributed by atoms with Crippen LogP contribution in [-0.2, 0) is 0 Å². The van der Waals surface area contributed by atoms with Crippen LogP contribution in [0, 0.1) is 0 Å². The maximum atomic E-state index is 2.47. The van der Waals surface area contributed by atoms with E-state index in [0.29, 0.717) is 0 Å². The van der Waals surface area contributed by atoms with E-state index in [1.54, 1.807) is 0 Å². The van der Waals surface area contributed by atoms with Crippen LogP contribution in [0.5, 0.6) is 0 Å². The van der Waals surface area contributed by atoms with Gasteiger partial charge in [-0.25, -0.2) is 0 Å². The Kier molecular flexibility index (Phi) is 10.6. The number of aromatic nitrogens is 1. The first-order chi connectivity index (χ1) is 33.7. The van der Waals surface area contributed by atoms with Crippen molar-refractivity contribution in [2.45, 2.75) is 0 Å². The molecular weight excluding hydrogens is 821 g/mol. The predicted molar refractivity (Wildman–Crippen MR) is 288 cm³/mol. The monoisotopic (exact) mass is 866 g/mol. The summed E-state index contributed by atoms with van der Waals surface area (Å²) in [4.78, 5) is 2.36. The zero-order chi connectivity index (χ0) is 45.2. The summed E-state index contributed by atoms with van der Waals surface area (Å²) >= 11 is 0. The van der Waals surface area contributed by atoms with Gasteiger partial charge in [0.1, 0.15) is 0 Å². The van der Waals surface area contributed by atoms with Gasteiger partial charge in [-0.3, -0.25) is 0 Å². The van der Waals surface area contributed by atoms with Crippen LogP contribution in [0.15, 0.2) is 279 Å². The third kappa shape index (κ3) is 7.74. The van der Waals surface area contributed by atoms with Crippen LogP contribution in [0.25, 0.3) is 94.3 Å². The fourth-order valence-corrected chi connectivity index (χ4v) is 9.79. The first-order valence-electron chi connectivity index (χ1n) is 23.3. The molecule has 0 amide bonds. The van der Waals surface area contributed by atoms with Gasteiger partial charge < -0.3 is 9.47 Å². The second-order valence-corrected chi connectivity index (χ2v) is 17.3. The molecule has 0 spiro atoms. The minimum Gasteiger partial charge on any atom is -0.310 e. The number of para-hydroxylation sites is 1. The van der Waals surface area contributed by atoms with Crippen molar-refractivity contribution in [3.63, 3.8) is 0 Å². The number of rotatable bonds is 10. The summed E-state index contributed by atoms with van der Waals surface area (Å²) in [5.41, 5.74) is 21.0. The Morgan fingerprint density at radius 1 is 0.221 bits per heavy atom. The van der Waals surface area contributed by atoms with E-state index in [4.69, 9.17) is 0 Å². The van der Waals surface area contributed by atoms with E-state index in [1.165, 1.54) is 77.4 Å². The Hall–Kier alpha value is -8.98. The van der Waals surface area contributed by atoms with Crippen LogP contribution in [-0.4, -0.2) is 4.57 Å². The maximum absolute atomic E-state index is 2.47. The summed E-state index contributed by atoms with van der Waals surface area (Å²) in [6, 6.07) is 101. The lowest BCUT2D eigenvalue weighted by Gasteiger charge is -2.26. The Balaban J connectivity index is 0.920. The average Bonchev–Trinajstić information content (AvgIpc) is 3.76. The van der Waals surface area contributed by atoms with Crippen LogP contribution in [0.3, 0.4) is 0 Å². The molecule has 2 nitrogen and oxygen atoms in total. The van der Waals surface area contributed by atoms with Crippen molar-refractivity contribution in [1.82, 2.24) is 4.57 Å². The molecular formula is C66H46N2. The number of benzene rings is 11. The summed E-state index contributed by atoms with van der Waals surface area (Å²) in [5.74, 6) is 0. The van der Waals surface area contributed by atoms with Crippen molar-refractivity contribution in [2.75, 3.05) is 4.90 Å². The van der Waals surface area contributed by atoms with E-state index in [1.807, 2.05) is 0 Å². The lowest BCUT2D eigenvalue weighted by atomic mass is 9.97. The normalized spacial score (nSPS) is 11.2. The second kappa shape index (κ2) is 17.8. The Morgan fingerprint density at radius 2 is 0.603 bits per heavy atom. The highest BCUT2D eigenvalue weighted by Gasteiger charge is 2.19. The molecule has 1 heterocycles. The van der Waals surface area contributed by atoms with Gasteiger partial charge in [-0.2, -0.15) is 0 Å². The highest BCUT2D eigenvalue weighted by molar-refractivity contribution is 6.11. The van der Waals surface area contributed by atoms with Crippen molar-refractivity contribution < 1.29 is 0 Å². The molecule has 68 heavy (non-hydrogen) atoms. The molecule has 0 N–H and O–H groups in total. The molecule has 0 aliphatic carbocycles. The quantitative estimate of drug-likeness (QED) is 0.133. The van der Waals surface area contributed by atoms with Crippen molar-refractivity contribution >= 4 is 38.9 Å². The van der Waals surface area contributed by atoms with Crippen molar-refractivity contribution in [3.8, 4) is 72.4 Å². The molecule has 320 valence electrons. The summed E-state index contributed by atoms with van der Waals surface area (Å²) in [7, 11) is 0. The van der Waals surface area contributed by atoms with Crippen LogP contribution in [0.1, 0.15) is 0 Å². The van der Waals surface area contributed by atoms with Crippen LogP contribution in [0.2, 0.25) is 0 Å². The lowest BCUT2D eigenvalue weighted by molar-refractivity contribution is 1.18. The first-order valence-corrected chi connectivity index (χ1v) is 23.3. The highest BCUT2D eigenvalue weighted by Crippen LogP contribution is 2.42. The molecule has 0 bridgehead atoms. The summed E-state index contributed by atoms with van der Waals surface area (Å²) in [5, 5.41) is 2.47. The van der Waals surface area contributed by atoms with Gasteiger partial charge in [-0.15, -0.1) is 0 Å². The molecule has 11 aromatic carbocycles. The molecule has 0 radical (unpaired) electrons. The largest absolute Gasteiger partial charge is 0.310 e.